The van der Waals surface area contributed by atoms with Gasteiger partial charge < -0.3 is 19.7 Å². The summed E-state index contributed by atoms with van der Waals surface area (Å²) in [6.45, 7) is 6.03. The molecule has 2 N–H and O–H groups in total. The Morgan fingerprint density at radius 2 is 1.61 bits per heavy atom. The number of hydrogen-bond donors (Lipinski definition) is 2. The predicted molar refractivity (Wildman–Crippen MR) is 144 cm³/mol. The van der Waals surface area contributed by atoms with Gasteiger partial charge >= 0.3 is 0 Å². The molecule has 1 heterocycles. The summed E-state index contributed by atoms with van der Waals surface area (Å²) in [5.41, 5.74) is 6.89. The molecular formula is C31H35NO4. The minimum Gasteiger partial charge on any atom is -0.508 e. The Kier molecular flexibility index (Phi) is 7.19. The van der Waals surface area contributed by atoms with Crippen molar-refractivity contribution in [1.82, 2.24) is 4.90 Å². The van der Waals surface area contributed by atoms with Gasteiger partial charge in [0.25, 0.3) is 0 Å². The Balaban J connectivity index is 1.38. The highest BCUT2D eigenvalue weighted by Gasteiger charge is 2.31. The van der Waals surface area contributed by atoms with Crippen molar-refractivity contribution in [2.24, 2.45) is 0 Å². The van der Waals surface area contributed by atoms with Crippen molar-refractivity contribution in [3.63, 3.8) is 0 Å². The minimum absolute atomic E-state index is 0.126. The fraction of sp³-hybridized carbons (Fsp3) is 0.355. The van der Waals surface area contributed by atoms with Crippen LogP contribution in [0, 0.1) is 0 Å². The van der Waals surface area contributed by atoms with Crippen LogP contribution in [-0.2, 0) is 6.42 Å². The van der Waals surface area contributed by atoms with Crippen molar-refractivity contribution in [3.05, 3.63) is 82.9 Å². The molecule has 2 aliphatic rings. The van der Waals surface area contributed by atoms with Crippen LogP contribution in [0.25, 0.3) is 11.1 Å². The van der Waals surface area contributed by atoms with Gasteiger partial charge in [-0.15, -0.1) is 0 Å². The van der Waals surface area contributed by atoms with E-state index in [1.165, 1.54) is 30.4 Å². The molecule has 188 valence electrons. The molecule has 1 saturated heterocycles. The Bertz CT molecular complexity index is 1240. The van der Waals surface area contributed by atoms with Gasteiger partial charge in [-0.25, -0.2) is 0 Å². The van der Waals surface area contributed by atoms with E-state index in [-0.39, 0.29) is 17.4 Å². The molecule has 0 aromatic heterocycles. The average Bonchev–Trinajstić information content (AvgIpc) is 3.16. The molecule has 1 atom stereocenters. The van der Waals surface area contributed by atoms with Crippen molar-refractivity contribution in [2.45, 2.75) is 38.5 Å². The van der Waals surface area contributed by atoms with Gasteiger partial charge in [-0.2, -0.15) is 0 Å². The number of methoxy groups -OCH3 is 1. The monoisotopic (exact) mass is 485 g/mol. The quantitative estimate of drug-likeness (QED) is 0.395. The lowest BCUT2D eigenvalue weighted by atomic mass is 9.85. The lowest BCUT2D eigenvalue weighted by Crippen LogP contribution is -2.33. The molecule has 3 aromatic carbocycles. The number of rotatable bonds is 8. The van der Waals surface area contributed by atoms with Gasteiger partial charge in [-0.3, -0.25) is 4.90 Å². The zero-order chi connectivity index (χ0) is 25.1. The molecule has 1 aliphatic carbocycles. The van der Waals surface area contributed by atoms with E-state index in [9.17, 15) is 10.2 Å². The van der Waals surface area contributed by atoms with Crippen molar-refractivity contribution in [3.8, 4) is 23.0 Å². The fourth-order valence-corrected chi connectivity index (χ4v) is 5.67. The number of hydrogen-bond acceptors (Lipinski definition) is 5. The van der Waals surface area contributed by atoms with Gasteiger partial charge in [0.05, 0.1) is 7.11 Å². The summed E-state index contributed by atoms with van der Waals surface area (Å²) in [5, 5.41) is 20.0. The zero-order valence-corrected chi connectivity index (χ0v) is 21.2. The number of likely N-dealkylation sites (tertiary alicyclic amines) is 1. The largest absolute Gasteiger partial charge is 0.508 e. The molecule has 1 unspecified atom stereocenters. The molecule has 5 heteroatoms. The summed E-state index contributed by atoms with van der Waals surface area (Å²) < 4.78 is 11.8. The summed E-state index contributed by atoms with van der Waals surface area (Å²) in [6, 6.07) is 19.3. The third-order valence-corrected chi connectivity index (χ3v) is 7.53. The number of benzene rings is 3. The van der Waals surface area contributed by atoms with Crippen molar-refractivity contribution in [2.75, 3.05) is 33.4 Å². The number of phenols is 2. The first-order valence-corrected chi connectivity index (χ1v) is 12.9. The van der Waals surface area contributed by atoms with Gasteiger partial charge in [0.1, 0.15) is 18.1 Å². The molecule has 1 aliphatic heterocycles. The summed E-state index contributed by atoms with van der Waals surface area (Å²) in [7, 11) is 1.69. The number of nitrogens with zero attached hydrogens (tertiary/aromatic N) is 1. The predicted octanol–water partition coefficient (Wildman–Crippen LogP) is 6.24. The molecule has 3 aromatic rings. The SMILES string of the molecule is COc1cc(CC2C(c3ccc(O)cc3)=C(C)c3cc(O)ccc32)ccc1OCCN1CCCCC1. The van der Waals surface area contributed by atoms with E-state index in [0.717, 1.165) is 59.8 Å². The van der Waals surface area contributed by atoms with E-state index in [4.69, 9.17) is 9.47 Å². The first-order valence-electron chi connectivity index (χ1n) is 12.9. The highest BCUT2D eigenvalue weighted by molar-refractivity contribution is 5.99. The molecule has 1 fully saturated rings. The second-order valence-electron chi connectivity index (χ2n) is 9.85. The Hall–Kier alpha value is -3.44. The topological polar surface area (TPSA) is 62.2 Å². The summed E-state index contributed by atoms with van der Waals surface area (Å²) in [6.07, 6.45) is 4.68. The van der Waals surface area contributed by atoms with Crippen molar-refractivity contribution >= 4 is 11.1 Å². The van der Waals surface area contributed by atoms with Gasteiger partial charge in [-0.1, -0.05) is 30.7 Å². The van der Waals surface area contributed by atoms with Crippen LogP contribution < -0.4 is 9.47 Å². The highest BCUT2D eigenvalue weighted by atomic mass is 16.5. The van der Waals surface area contributed by atoms with Crippen LogP contribution in [-0.4, -0.2) is 48.5 Å². The minimum atomic E-state index is 0.126. The number of piperidine rings is 1. The van der Waals surface area contributed by atoms with Gasteiger partial charge in [-0.05, 0) is 109 Å². The molecule has 0 radical (unpaired) electrons. The molecule has 36 heavy (non-hydrogen) atoms. The molecule has 5 nitrogen and oxygen atoms in total. The van der Waals surface area contributed by atoms with E-state index >= 15 is 0 Å². The van der Waals surface area contributed by atoms with E-state index < -0.39 is 0 Å². The van der Waals surface area contributed by atoms with Crippen LogP contribution >= 0.6 is 0 Å². The van der Waals surface area contributed by atoms with Crippen LogP contribution in [0.1, 0.15) is 54.4 Å². The van der Waals surface area contributed by atoms with Crippen LogP contribution in [0.4, 0.5) is 0 Å². The third-order valence-electron chi connectivity index (χ3n) is 7.53. The smallest absolute Gasteiger partial charge is 0.161 e. The lowest BCUT2D eigenvalue weighted by Gasteiger charge is -2.26. The number of fused-ring (bicyclic) bond motifs is 1. The average molecular weight is 486 g/mol. The Labute approximate surface area is 213 Å². The molecule has 0 amide bonds. The second kappa shape index (κ2) is 10.7. The van der Waals surface area contributed by atoms with Crippen LogP contribution in [0.2, 0.25) is 0 Å². The standard InChI is InChI=1S/C31H35NO4/c1-21-27-20-25(34)11-12-26(27)28(31(21)23-7-9-24(33)10-8-23)18-22-6-13-29(30(19-22)35-2)36-17-16-32-14-4-3-5-15-32/h6-13,19-20,28,33-34H,3-5,14-18H2,1-2H3. The van der Waals surface area contributed by atoms with Gasteiger partial charge in [0.2, 0.25) is 0 Å². The maximum Gasteiger partial charge on any atom is 0.161 e. The molecule has 0 bridgehead atoms. The highest BCUT2D eigenvalue weighted by Crippen LogP contribution is 2.49. The fourth-order valence-electron chi connectivity index (χ4n) is 5.67. The molecule has 0 saturated carbocycles. The number of phenolic OH excluding ortho intramolecular Hbond substituents is 2. The molecular weight excluding hydrogens is 450 g/mol. The normalized spacial score (nSPS) is 17.8. The summed E-state index contributed by atoms with van der Waals surface area (Å²) in [5.74, 6) is 2.18. The first-order chi connectivity index (χ1) is 17.5. The van der Waals surface area contributed by atoms with Crippen LogP contribution in [0.5, 0.6) is 23.0 Å². The van der Waals surface area contributed by atoms with E-state index in [0.29, 0.717) is 6.61 Å². The lowest BCUT2D eigenvalue weighted by molar-refractivity contribution is 0.180. The number of aromatic hydroxyl groups is 2. The van der Waals surface area contributed by atoms with Gasteiger partial charge in [0.15, 0.2) is 11.5 Å². The first kappa shape index (κ1) is 24.3. The van der Waals surface area contributed by atoms with Crippen molar-refractivity contribution < 1.29 is 19.7 Å². The summed E-state index contributed by atoms with van der Waals surface area (Å²) in [4.78, 5) is 2.47. The van der Waals surface area contributed by atoms with Gasteiger partial charge in [0, 0.05) is 12.5 Å². The van der Waals surface area contributed by atoms with Crippen molar-refractivity contribution in [1.29, 1.82) is 0 Å². The van der Waals surface area contributed by atoms with E-state index in [1.807, 2.05) is 30.3 Å². The maximum atomic E-state index is 10.1. The van der Waals surface area contributed by atoms with E-state index in [1.54, 1.807) is 25.3 Å². The molecule has 0 spiro atoms. The summed E-state index contributed by atoms with van der Waals surface area (Å²) >= 11 is 0. The van der Waals surface area contributed by atoms with Crippen LogP contribution in [0.3, 0.4) is 0 Å². The second-order valence-corrected chi connectivity index (χ2v) is 9.85. The number of ether oxygens (including phenoxy) is 2. The molecule has 5 rings (SSSR count). The maximum absolute atomic E-state index is 10.1. The zero-order valence-electron chi connectivity index (χ0n) is 21.2. The number of allylic oxidation sites excluding steroid dienone is 2. The Morgan fingerprint density at radius 3 is 2.36 bits per heavy atom. The van der Waals surface area contributed by atoms with E-state index in [2.05, 4.69) is 24.0 Å². The Morgan fingerprint density at radius 1 is 0.861 bits per heavy atom. The van der Waals surface area contributed by atoms with Crippen LogP contribution in [0.15, 0.2) is 60.7 Å². The third kappa shape index (κ3) is 5.07.